The van der Waals surface area contributed by atoms with Crippen molar-refractivity contribution >= 4 is 16.5 Å². The van der Waals surface area contributed by atoms with Crippen LogP contribution in [0.1, 0.15) is 6.92 Å². The van der Waals surface area contributed by atoms with Crippen LogP contribution >= 0.6 is 16.5 Å². The maximum Gasteiger partial charge on any atom is 0.180 e. The van der Waals surface area contributed by atoms with Crippen molar-refractivity contribution in [1.29, 1.82) is 0 Å². The second kappa shape index (κ2) is 4.54. The smallest absolute Gasteiger partial charge is 0.180 e. The fourth-order valence-electron chi connectivity index (χ4n) is 1.04. The van der Waals surface area contributed by atoms with Gasteiger partial charge in [-0.1, -0.05) is 12.8 Å². The number of terminal acetylenes is 1. The zero-order chi connectivity index (χ0) is 9.14. The summed E-state index contributed by atoms with van der Waals surface area (Å²) in [5.41, 5.74) is 0. The topological polar surface area (TPSA) is 18.5 Å². The zero-order valence-electron chi connectivity index (χ0n) is 7.36. The van der Waals surface area contributed by atoms with E-state index in [0.717, 1.165) is 0 Å². The van der Waals surface area contributed by atoms with Crippen molar-refractivity contribution in [2.24, 2.45) is 5.92 Å². The van der Waals surface area contributed by atoms with Crippen LogP contribution in [0.2, 0.25) is 0 Å². The van der Waals surface area contributed by atoms with Crippen molar-refractivity contribution in [2.75, 3.05) is 13.3 Å². The van der Waals surface area contributed by atoms with Crippen LogP contribution in [0.4, 0.5) is 0 Å². The molecule has 2 nitrogen and oxygen atoms in total. The van der Waals surface area contributed by atoms with Gasteiger partial charge in [-0.05, 0) is 14.3 Å². The SMILES string of the molecule is C#CC1O[C@@H](P(C)P)OC[C@@H]1C. The van der Waals surface area contributed by atoms with Gasteiger partial charge in [-0.15, -0.1) is 15.4 Å². The van der Waals surface area contributed by atoms with Gasteiger partial charge in [-0.25, -0.2) is 0 Å². The van der Waals surface area contributed by atoms with Crippen LogP contribution in [0, 0.1) is 18.3 Å². The molecule has 1 saturated heterocycles. The molecular formula is C8H14O2P2. The average Bonchev–Trinajstić information content (AvgIpc) is 2.05. The second-order valence-corrected chi connectivity index (χ2v) is 7.20. The van der Waals surface area contributed by atoms with Crippen LogP contribution < -0.4 is 0 Å². The Balaban J connectivity index is 2.51. The molecule has 5 atom stereocenters. The molecule has 1 fully saturated rings. The molecule has 1 aliphatic rings. The summed E-state index contributed by atoms with van der Waals surface area (Å²) in [5, 5.41) is 0. The first-order valence-electron chi connectivity index (χ1n) is 3.86. The molecule has 0 aromatic heterocycles. The first-order chi connectivity index (χ1) is 5.65. The monoisotopic (exact) mass is 204 g/mol. The molecule has 0 spiro atoms. The predicted molar refractivity (Wildman–Crippen MR) is 55.2 cm³/mol. The Morgan fingerprint density at radius 1 is 1.67 bits per heavy atom. The maximum absolute atomic E-state index is 5.56. The average molecular weight is 204 g/mol. The summed E-state index contributed by atoms with van der Waals surface area (Å²) in [6.45, 7) is 4.84. The van der Waals surface area contributed by atoms with E-state index in [1.165, 1.54) is 0 Å². The van der Waals surface area contributed by atoms with Gasteiger partial charge in [0.25, 0.3) is 0 Å². The van der Waals surface area contributed by atoms with Gasteiger partial charge in [-0.2, -0.15) is 0 Å². The van der Waals surface area contributed by atoms with Crippen LogP contribution in [0.15, 0.2) is 0 Å². The molecule has 0 aliphatic carbocycles. The first-order valence-corrected chi connectivity index (χ1v) is 7.33. The molecule has 0 aromatic rings. The Bertz CT molecular complexity index is 188. The van der Waals surface area contributed by atoms with E-state index < -0.39 is 0 Å². The first kappa shape index (κ1) is 10.4. The standard InChI is InChI=1S/C8H14O2P2/c1-4-7-6(2)5-9-8(10-7)12(3)11/h1,6-8H,5,11H2,2-3H3/t6-,7?,8-,12?/m0/s1. The van der Waals surface area contributed by atoms with Gasteiger partial charge >= 0.3 is 0 Å². The van der Waals surface area contributed by atoms with Crippen LogP contribution in [0.3, 0.4) is 0 Å². The normalized spacial score (nSPS) is 38.7. The van der Waals surface area contributed by atoms with E-state index in [0.29, 0.717) is 12.5 Å². The van der Waals surface area contributed by atoms with Crippen LogP contribution in [0.25, 0.3) is 0 Å². The van der Waals surface area contributed by atoms with Crippen molar-refractivity contribution in [3.8, 4) is 12.3 Å². The van der Waals surface area contributed by atoms with E-state index >= 15 is 0 Å². The zero-order valence-corrected chi connectivity index (χ0v) is 9.41. The molecule has 0 aromatic carbocycles. The van der Waals surface area contributed by atoms with Crippen molar-refractivity contribution < 1.29 is 9.47 Å². The molecular weight excluding hydrogens is 190 g/mol. The van der Waals surface area contributed by atoms with Crippen molar-refractivity contribution in [3.05, 3.63) is 0 Å². The Labute approximate surface area is 77.2 Å². The third-order valence-corrected chi connectivity index (χ3v) is 3.44. The third kappa shape index (κ3) is 2.41. The quantitative estimate of drug-likeness (QED) is 0.479. The minimum atomic E-state index is -0.293. The second-order valence-electron chi connectivity index (χ2n) is 3.01. The van der Waals surface area contributed by atoms with Gasteiger partial charge in [0.15, 0.2) is 6.03 Å². The highest BCUT2D eigenvalue weighted by molar-refractivity contribution is 8.13. The Kier molecular flexibility index (Phi) is 3.94. The lowest BCUT2D eigenvalue weighted by atomic mass is 10.1. The summed E-state index contributed by atoms with van der Waals surface area (Å²) in [6.07, 6.45) is 5.25. The van der Waals surface area contributed by atoms with Gasteiger partial charge in [0, 0.05) is 5.92 Å². The van der Waals surface area contributed by atoms with E-state index in [1.54, 1.807) is 0 Å². The highest BCUT2D eigenvalue weighted by Gasteiger charge is 2.29. The molecule has 1 aliphatic heterocycles. The highest BCUT2D eigenvalue weighted by atomic mass is 32.0. The summed E-state index contributed by atoms with van der Waals surface area (Å²) in [6, 6.07) is -0.0951. The third-order valence-electron chi connectivity index (χ3n) is 1.78. The largest absolute Gasteiger partial charge is 0.348 e. The molecule has 0 saturated carbocycles. The fraction of sp³-hybridized carbons (Fsp3) is 0.750. The summed E-state index contributed by atoms with van der Waals surface area (Å²) >= 11 is 0. The molecule has 12 heavy (non-hydrogen) atoms. The molecule has 0 N–H and O–H groups in total. The molecule has 0 bridgehead atoms. The molecule has 0 amide bonds. The number of ether oxygens (including phenoxy) is 2. The number of rotatable bonds is 1. The molecule has 3 unspecified atom stereocenters. The summed E-state index contributed by atoms with van der Waals surface area (Å²) in [4.78, 5) is 0. The summed E-state index contributed by atoms with van der Waals surface area (Å²) in [7, 11) is 2.43. The maximum atomic E-state index is 5.56. The van der Waals surface area contributed by atoms with Crippen molar-refractivity contribution in [1.82, 2.24) is 0 Å². The van der Waals surface area contributed by atoms with Crippen LogP contribution in [0.5, 0.6) is 0 Å². The van der Waals surface area contributed by atoms with E-state index in [4.69, 9.17) is 15.9 Å². The van der Waals surface area contributed by atoms with Gasteiger partial charge in [0.2, 0.25) is 0 Å². The van der Waals surface area contributed by atoms with E-state index in [1.807, 2.05) is 6.92 Å². The lowest BCUT2D eigenvalue weighted by Crippen LogP contribution is -2.36. The molecule has 0 radical (unpaired) electrons. The summed E-state index contributed by atoms with van der Waals surface area (Å²) in [5.74, 6) is 2.95. The lowest BCUT2D eigenvalue weighted by molar-refractivity contribution is -0.172. The number of hydrogen-bond donors (Lipinski definition) is 0. The lowest BCUT2D eigenvalue weighted by Gasteiger charge is -2.33. The number of hydrogen-bond acceptors (Lipinski definition) is 2. The predicted octanol–water partition coefficient (Wildman–Crippen LogP) is 1.86. The van der Waals surface area contributed by atoms with Gasteiger partial charge in [0.05, 0.1) is 6.61 Å². The van der Waals surface area contributed by atoms with Gasteiger partial charge < -0.3 is 9.47 Å². The highest BCUT2D eigenvalue weighted by Crippen LogP contribution is 2.48. The minimum Gasteiger partial charge on any atom is -0.348 e. The van der Waals surface area contributed by atoms with Crippen molar-refractivity contribution in [2.45, 2.75) is 19.1 Å². The molecule has 4 heteroatoms. The Morgan fingerprint density at radius 2 is 2.33 bits per heavy atom. The molecule has 1 heterocycles. The minimum absolute atomic E-state index is 0.0748. The van der Waals surface area contributed by atoms with Crippen LogP contribution in [-0.4, -0.2) is 25.4 Å². The van der Waals surface area contributed by atoms with Gasteiger partial charge in [-0.3, -0.25) is 0 Å². The van der Waals surface area contributed by atoms with E-state index in [-0.39, 0.29) is 19.7 Å². The Hall–Kier alpha value is 0.340. The molecule has 1 rings (SSSR count). The van der Waals surface area contributed by atoms with Gasteiger partial charge in [0.1, 0.15) is 6.10 Å². The van der Waals surface area contributed by atoms with Crippen molar-refractivity contribution in [3.63, 3.8) is 0 Å². The Morgan fingerprint density at radius 3 is 2.83 bits per heavy atom. The fourth-order valence-corrected chi connectivity index (χ4v) is 2.15. The van der Waals surface area contributed by atoms with Crippen LogP contribution in [-0.2, 0) is 9.47 Å². The molecule has 68 valence electrons. The summed E-state index contributed by atoms with van der Waals surface area (Å²) < 4.78 is 11.0. The van der Waals surface area contributed by atoms with E-state index in [9.17, 15) is 0 Å². The van der Waals surface area contributed by atoms with E-state index in [2.05, 4.69) is 21.5 Å².